The van der Waals surface area contributed by atoms with Crippen molar-refractivity contribution in [3.63, 3.8) is 0 Å². The van der Waals surface area contributed by atoms with Gasteiger partial charge in [0.25, 0.3) is 0 Å². The predicted molar refractivity (Wildman–Crippen MR) is 65.5 cm³/mol. The highest BCUT2D eigenvalue weighted by Crippen LogP contribution is 2.43. The molecule has 1 fully saturated rings. The maximum absolute atomic E-state index is 5.98. The molecule has 2 heteroatoms. The van der Waals surface area contributed by atoms with E-state index < -0.39 is 0 Å². The first-order valence-electron chi connectivity index (χ1n) is 5.69. The smallest absolute Gasteiger partial charge is 0.0408 e. The maximum atomic E-state index is 5.98. The predicted octanol–water partition coefficient (Wildman–Crippen LogP) is 3.44. The normalized spacial score (nSPS) is 24.9. The molecule has 1 aromatic rings. The standard InChI is InChI=1S/C13H18ClN/c1-15-6-5-10-7-12(8-10)11-3-2-4-13(14)9-11/h2-4,9-10,12,15H,5-8H2,1H3. The van der Waals surface area contributed by atoms with Crippen molar-refractivity contribution < 1.29 is 0 Å². The lowest BCUT2D eigenvalue weighted by molar-refractivity contribution is 0.247. The van der Waals surface area contributed by atoms with Gasteiger partial charge in [-0.05, 0) is 62.4 Å². The van der Waals surface area contributed by atoms with Gasteiger partial charge in [0.2, 0.25) is 0 Å². The minimum Gasteiger partial charge on any atom is -0.320 e. The van der Waals surface area contributed by atoms with Gasteiger partial charge in [-0.3, -0.25) is 0 Å². The molecule has 1 saturated carbocycles. The Labute approximate surface area is 96.8 Å². The lowest BCUT2D eigenvalue weighted by atomic mass is 9.70. The first-order chi connectivity index (χ1) is 7.29. The molecule has 0 radical (unpaired) electrons. The molecule has 0 atom stereocenters. The van der Waals surface area contributed by atoms with Crippen molar-refractivity contribution in [2.45, 2.75) is 25.2 Å². The molecule has 1 N–H and O–H groups in total. The molecule has 15 heavy (non-hydrogen) atoms. The van der Waals surface area contributed by atoms with Gasteiger partial charge in [-0.2, -0.15) is 0 Å². The van der Waals surface area contributed by atoms with Crippen LogP contribution >= 0.6 is 11.6 Å². The first kappa shape index (κ1) is 11.0. The molecular weight excluding hydrogens is 206 g/mol. The van der Waals surface area contributed by atoms with Crippen LogP contribution in [0, 0.1) is 5.92 Å². The fraction of sp³-hybridized carbons (Fsp3) is 0.538. The van der Waals surface area contributed by atoms with E-state index in [2.05, 4.69) is 23.5 Å². The largest absolute Gasteiger partial charge is 0.320 e. The topological polar surface area (TPSA) is 12.0 Å². The Morgan fingerprint density at radius 3 is 2.87 bits per heavy atom. The fourth-order valence-corrected chi connectivity index (χ4v) is 2.55. The van der Waals surface area contributed by atoms with Crippen LogP contribution < -0.4 is 5.32 Å². The zero-order valence-corrected chi connectivity index (χ0v) is 9.93. The molecule has 0 bridgehead atoms. The Morgan fingerprint density at radius 2 is 2.20 bits per heavy atom. The number of nitrogens with one attached hydrogen (secondary N) is 1. The molecule has 1 aromatic carbocycles. The number of hydrogen-bond donors (Lipinski definition) is 1. The van der Waals surface area contributed by atoms with Gasteiger partial charge in [0, 0.05) is 5.02 Å². The molecule has 0 heterocycles. The Morgan fingerprint density at radius 1 is 1.40 bits per heavy atom. The van der Waals surface area contributed by atoms with Crippen molar-refractivity contribution in [3.05, 3.63) is 34.9 Å². The van der Waals surface area contributed by atoms with Crippen LogP contribution in [0.1, 0.15) is 30.7 Å². The monoisotopic (exact) mass is 223 g/mol. The quantitative estimate of drug-likeness (QED) is 0.825. The molecule has 0 unspecified atom stereocenters. The molecular formula is C13H18ClN. The van der Waals surface area contributed by atoms with Crippen molar-refractivity contribution in [2.75, 3.05) is 13.6 Å². The second kappa shape index (κ2) is 5.00. The first-order valence-corrected chi connectivity index (χ1v) is 6.07. The van der Waals surface area contributed by atoms with Gasteiger partial charge in [0.05, 0.1) is 0 Å². The van der Waals surface area contributed by atoms with Crippen LogP contribution in [0.15, 0.2) is 24.3 Å². The Hall–Kier alpha value is -0.530. The third kappa shape index (κ3) is 2.73. The molecule has 1 aliphatic carbocycles. The summed E-state index contributed by atoms with van der Waals surface area (Å²) in [4.78, 5) is 0. The summed E-state index contributed by atoms with van der Waals surface area (Å²) in [6, 6.07) is 8.31. The molecule has 0 aliphatic heterocycles. The van der Waals surface area contributed by atoms with Crippen LogP contribution in [-0.4, -0.2) is 13.6 Å². The lowest BCUT2D eigenvalue weighted by Gasteiger charge is -2.36. The van der Waals surface area contributed by atoms with E-state index in [1.165, 1.54) is 24.8 Å². The van der Waals surface area contributed by atoms with E-state index in [1.807, 2.05) is 13.1 Å². The van der Waals surface area contributed by atoms with Gasteiger partial charge in [-0.1, -0.05) is 23.7 Å². The summed E-state index contributed by atoms with van der Waals surface area (Å²) < 4.78 is 0. The Balaban J connectivity index is 1.84. The highest BCUT2D eigenvalue weighted by molar-refractivity contribution is 6.30. The van der Waals surface area contributed by atoms with E-state index in [1.54, 1.807) is 0 Å². The molecule has 0 aromatic heterocycles. The van der Waals surface area contributed by atoms with Gasteiger partial charge in [-0.15, -0.1) is 0 Å². The SMILES string of the molecule is CNCCC1CC(c2cccc(Cl)c2)C1. The zero-order valence-electron chi connectivity index (χ0n) is 9.17. The summed E-state index contributed by atoms with van der Waals surface area (Å²) in [6.07, 6.45) is 3.98. The summed E-state index contributed by atoms with van der Waals surface area (Å²) in [5.74, 6) is 1.67. The van der Waals surface area contributed by atoms with E-state index in [-0.39, 0.29) is 0 Å². The second-order valence-electron chi connectivity index (χ2n) is 4.48. The van der Waals surface area contributed by atoms with Gasteiger partial charge < -0.3 is 5.32 Å². The van der Waals surface area contributed by atoms with Crippen LogP contribution in [0.2, 0.25) is 5.02 Å². The lowest BCUT2D eigenvalue weighted by Crippen LogP contribution is -2.25. The van der Waals surface area contributed by atoms with Crippen LogP contribution in [-0.2, 0) is 0 Å². The average Bonchev–Trinajstić information content (AvgIpc) is 2.16. The zero-order chi connectivity index (χ0) is 10.7. The third-order valence-corrected chi connectivity index (χ3v) is 3.59. The van der Waals surface area contributed by atoms with Crippen molar-refractivity contribution >= 4 is 11.6 Å². The van der Waals surface area contributed by atoms with Gasteiger partial charge >= 0.3 is 0 Å². The highest BCUT2D eigenvalue weighted by Gasteiger charge is 2.29. The molecule has 1 aliphatic rings. The van der Waals surface area contributed by atoms with E-state index >= 15 is 0 Å². The Bertz CT molecular complexity index is 318. The van der Waals surface area contributed by atoms with Gasteiger partial charge in [0.1, 0.15) is 0 Å². The summed E-state index contributed by atoms with van der Waals surface area (Å²) in [5, 5.41) is 4.08. The van der Waals surface area contributed by atoms with Crippen LogP contribution in [0.25, 0.3) is 0 Å². The van der Waals surface area contributed by atoms with E-state index in [4.69, 9.17) is 11.6 Å². The van der Waals surface area contributed by atoms with Crippen molar-refractivity contribution in [2.24, 2.45) is 5.92 Å². The van der Waals surface area contributed by atoms with Crippen molar-refractivity contribution in [1.29, 1.82) is 0 Å². The molecule has 0 spiro atoms. The summed E-state index contributed by atoms with van der Waals surface area (Å²) >= 11 is 5.98. The maximum Gasteiger partial charge on any atom is 0.0408 e. The Kier molecular flexibility index (Phi) is 3.66. The number of benzene rings is 1. The molecule has 0 amide bonds. The molecule has 82 valence electrons. The van der Waals surface area contributed by atoms with Crippen molar-refractivity contribution in [3.8, 4) is 0 Å². The molecule has 1 nitrogen and oxygen atoms in total. The highest BCUT2D eigenvalue weighted by atomic mass is 35.5. The summed E-state index contributed by atoms with van der Waals surface area (Å²) in [6.45, 7) is 1.15. The number of rotatable bonds is 4. The van der Waals surface area contributed by atoms with Crippen molar-refractivity contribution in [1.82, 2.24) is 5.32 Å². The van der Waals surface area contributed by atoms with Gasteiger partial charge in [-0.25, -0.2) is 0 Å². The van der Waals surface area contributed by atoms with Gasteiger partial charge in [0.15, 0.2) is 0 Å². The summed E-state index contributed by atoms with van der Waals surface area (Å²) in [5.41, 5.74) is 1.42. The average molecular weight is 224 g/mol. The molecule has 2 rings (SSSR count). The van der Waals surface area contributed by atoms with E-state index in [0.29, 0.717) is 0 Å². The number of halogens is 1. The van der Waals surface area contributed by atoms with E-state index in [0.717, 1.165) is 23.4 Å². The minimum absolute atomic E-state index is 0.755. The van der Waals surface area contributed by atoms with Crippen LogP contribution in [0.3, 0.4) is 0 Å². The van der Waals surface area contributed by atoms with Crippen LogP contribution in [0.5, 0.6) is 0 Å². The minimum atomic E-state index is 0.755. The third-order valence-electron chi connectivity index (χ3n) is 3.36. The number of hydrogen-bond acceptors (Lipinski definition) is 1. The van der Waals surface area contributed by atoms with E-state index in [9.17, 15) is 0 Å². The second-order valence-corrected chi connectivity index (χ2v) is 4.92. The summed E-state index contributed by atoms with van der Waals surface area (Å²) in [7, 11) is 2.02. The van der Waals surface area contributed by atoms with Crippen LogP contribution in [0.4, 0.5) is 0 Å². The molecule has 0 saturated heterocycles. The fourth-order valence-electron chi connectivity index (χ4n) is 2.35.